The van der Waals surface area contributed by atoms with Gasteiger partial charge < -0.3 is 15.1 Å². The van der Waals surface area contributed by atoms with Crippen molar-refractivity contribution in [1.82, 2.24) is 14.5 Å². The zero-order chi connectivity index (χ0) is 21.6. The SMILES string of the molecule is C=O.CC.Cc1ccc(Sc2c(-c3ccccc3)ncn2C)nc1.NC=C1CC1. The molecular weight excluding hydrogens is 380 g/mol. The predicted molar refractivity (Wildman–Crippen MR) is 122 cm³/mol. The maximum atomic E-state index is 8.00. The molecule has 0 saturated heterocycles. The van der Waals surface area contributed by atoms with Gasteiger partial charge >= 0.3 is 0 Å². The highest BCUT2D eigenvalue weighted by Gasteiger charge is 2.12. The lowest BCUT2D eigenvalue weighted by atomic mass is 10.2. The van der Waals surface area contributed by atoms with Crippen molar-refractivity contribution in [2.45, 2.75) is 43.7 Å². The Hall–Kier alpha value is -2.86. The van der Waals surface area contributed by atoms with Crippen molar-refractivity contribution in [3.8, 4) is 11.3 Å². The normalized spacial score (nSPS) is 11.0. The lowest BCUT2D eigenvalue weighted by Crippen LogP contribution is -1.90. The fourth-order valence-corrected chi connectivity index (χ4v) is 3.08. The molecule has 0 amide bonds. The van der Waals surface area contributed by atoms with Gasteiger partial charge in [0.25, 0.3) is 0 Å². The first-order valence-corrected chi connectivity index (χ1v) is 10.3. The second-order valence-electron chi connectivity index (χ2n) is 5.98. The maximum Gasteiger partial charge on any atom is 0.109 e. The van der Waals surface area contributed by atoms with Gasteiger partial charge in [-0.25, -0.2) is 9.97 Å². The molecule has 154 valence electrons. The van der Waals surface area contributed by atoms with Gasteiger partial charge in [0.1, 0.15) is 22.5 Å². The smallest absolute Gasteiger partial charge is 0.109 e. The van der Waals surface area contributed by atoms with E-state index in [-0.39, 0.29) is 0 Å². The molecule has 0 bridgehead atoms. The van der Waals surface area contributed by atoms with Gasteiger partial charge in [0.05, 0.1) is 6.33 Å². The summed E-state index contributed by atoms with van der Waals surface area (Å²) in [6.07, 6.45) is 7.92. The Kier molecular flexibility index (Phi) is 11.1. The van der Waals surface area contributed by atoms with Gasteiger partial charge in [-0.1, -0.05) is 55.8 Å². The van der Waals surface area contributed by atoms with Crippen molar-refractivity contribution in [3.05, 3.63) is 72.3 Å². The molecule has 0 unspecified atom stereocenters. The van der Waals surface area contributed by atoms with E-state index in [2.05, 4.69) is 28.2 Å². The predicted octanol–water partition coefficient (Wildman–Crippen LogP) is 5.41. The van der Waals surface area contributed by atoms with Gasteiger partial charge in [-0.3, -0.25) is 0 Å². The van der Waals surface area contributed by atoms with Crippen molar-refractivity contribution in [1.29, 1.82) is 0 Å². The summed E-state index contributed by atoms with van der Waals surface area (Å²) in [6, 6.07) is 14.4. The Labute approximate surface area is 178 Å². The second-order valence-corrected chi connectivity index (χ2v) is 6.99. The highest BCUT2D eigenvalue weighted by molar-refractivity contribution is 7.99. The first kappa shape index (κ1) is 24.2. The zero-order valence-electron chi connectivity index (χ0n) is 17.6. The van der Waals surface area contributed by atoms with Crippen LogP contribution in [0, 0.1) is 6.92 Å². The van der Waals surface area contributed by atoms with Crippen LogP contribution in [0.25, 0.3) is 11.3 Å². The third-order valence-electron chi connectivity index (χ3n) is 3.79. The molecule has 0 radical (unpaired) electrons. The van der Waals surface area contributed by atoms with Gasteiger partial charge in [-0.2, -0.15) is 0 Å². The minimum absolute atomic E-state index is 0.983. The average Bonchev–Trinajstić information content (AvgIpc) is 3.57. The summed E-state index contributed by atoms with van der Waals surface area (Å²) in [6.45, 7) is 8.04. The Bertz CT molecular complexity index is 868. The minimum Gasteiger partial charge on any atom is -0.405 e. The fourth-order valence-electron chi connectivity index (χ4n) is 2.19. The van der Waals surface area contributed by atoms with Crippen LogP contribution in [0.15, 0.2) is 76.8 Å². The zero-order valence-corrected chi connectivity index (χ0v) is 18.4. The number of aryl methyl sites for hydroxylation is 2. The monoisotopic (exact) mass is 410 g/mol. The topological polar surface area (TPSA) is 73.8 Å². The maximum absolute atomic E-state index is 8.00. The molecule has 2 heterocycles. The Morgan fingerprint density at radius 3 is 2.21 bits per heavy atom. The van der Waals surface area contributed by atoms with E-state index in [1.165, 1.54) is 24.0 Å². The Morgan fingerprint density at radius 2 is 1.72 bits per heavy atom. The molecule has 1 fully saturated rings. The molecule has 0 atom stereocenters. The number of carbonyl (C=O) groups is 1. The standard InChI is InChI=1S/C16H15N3S.C4H7N.C2H6.CH2O/c1-12-8-9-14(17-10-12)20-16-15(18-11-19(16)2)13-6-4-3-5-7-13;5-3-4-1-2-4;2*1-2/h3-11H,1-2H3;3H,1-2,5H2;1-2H3;1H2. The molecule has 3 aromatic rings. The van der Waals surface area contributed by atoms with Crippen LogP contribution >= 0.6 is 11.8 Å². The van der Waals surface area contributed by atoms with Gasteiger partial charge in [-0.05, 0) is 49.4 Å². The molecule has 6 heteroatoms. The molecule has 4 rings (SSSR count). The first-order valence-electron chi connectivity index (χ1n) is 9.53. The average molecular weight is 411 g/mol. The number of nitrogens with zero attached hydrogens (tertiary/aromatic N) is 3. The number of imidazole rings is 1. The summed E-state index contributed by atoms with van der Waals surface area (Å²) in [5, 5.41) is 2.09. The fraction of sp³-hybridized carbons (Fsp3) is 0.261. The molecule has 0 aliphatic heterocycles. The van der Waals surface area contributed by atoms with E-state index in [4.69, 9.17) is 10.5 Å². The Balaban J connectivity index is 0.000000395. The molecule has 1 aliphatic carbocycles. The molecule has 5 nitrogen and oxygen atoms in total. The molecule has 1 aliphatic rings. The van der Waals surface area contributed by atoms with Crippen LogP contribution in [-0.4, -0.2) is 21.3 Å². The molecule has 2 N–H and O–H groups in total. The summed E-state index contributed by atoms with van der Waals surface area (Å²) in [7, 11) is 2.01. The van der Waals surface area contributed by atoms with E-state index < -0.39 is 0 Å². The summed E-state index contributed by atoms with van der Waals surface area (Å²) in [5.74, 6) is 0. The quantitative estimate of drug-likeness (QED) is 0.625. The van der Waals surface area contributed by atoms with Crippen molar-refractivity contribution >= 4 is 18.6 Å². The van der Waals surface area contributed by atoms with E-state index in [1.54, 1.807) is 18.0 Å². The number of allylic oxidation sites excluding steroid dienone is 1. The molecule has 1 aromatic carbocycles. The van der Waals surface area contributed by atoms with Crippen LogP contribution in [0.4, 0.5) is 0 Å². The molecule has 2 aromatic heterocycles. The largest absolute Gasteiger partial charge is 0.405 e. The van der Waals surface area contributed by atoms with E-state index in [0.717, 1.165) is 21.3 Å². The van der Waals surface area contributed by atoms with Gasteiger partial charge in [0, 0.05) is 18.8 Å². The lowest BCUT2D eigenvalue weighted by Gasteiger charge is -2.05. The van der Waals surface area contributed by atoms with Gasteiger partial charge in [0.15, 0.2) is 0 Å². The lowest BCUT2D eigenvalue weighted by molar-refractivity contribution is -0.0979. The van der Waals surface area contributed by atoms with Crippen LogP contribution < -0.4 is 5.73 Å². The third kappa shape index (κ3) is 7.95. The van der Waals surface area contributed by atoms with Crippen LogP contribution in [0.1, 0.15) is 32.3 Å². The number of rotatable bonds is 3. The highest BCUT2D eigenvalue weighted by Crippen LogP contribution is 2.33. The number of aromatic nitrogens is 3. The van der Waals surface area contributed by atoms with E-state index in [1.807, 2.05) is 76.0 Å². The number of carbonyl (C=O) groups excluding carboxylic acids is 1. The van der Waals surface area contributed by atoms with Crippen molar-refractivity contribution < 1.29 is 4.79 Å². The minimum atomic E-state index is 0.983. The van der Waals surface area contributed by atoms with Crippen LogP contribution in [-0.2, 0) is 11.8 Å². The Morgan fingerprint density at radius 1 is 1.07 bits per heavy atom. The highest BCUT2D eigenvalue weighted by atomic mass is 32.2. The summed E-state index contributed by atoms with van der Waals surface area (Å²) in [5.41, 5.74) is 9.78. The first-order chi connectivity index (χ1) is 14.2. The summed E-state index contributed by atoms with van der Waals surface area (Å²) in [4.78, 5) is 17.0. The van der Waals surface area contributed by atoms with E-state index >= 15 is 0 Å². The molecule has 0 spiro atoms. The van der Waals surface area contributed by atoms with Gasteiger partial charge in [-0.15, -0.1) is 0 Å². The second kappa shape index (κ2) is 13.3. The van der Waals surface area contributed by atoms with Crippen molar-refractivity contribution in [2.24, 2.45) is 12.8 Å². The molecular formula is C23H30N4OS. The number of benzene rings is 1. The number of hydrogen-bond acceptors (Lipinski definition) is 5. The van der Waals surface area contributed by atoms with Gasteiger partial charge in [0.2, 0.25) is 0 Å². The molecule has 1 saturated carbocycles. The van der Waals surface area contributed by atoms with Crippen LogP contribution in [0.2, 0.25) is 0 Å². The third-order valence-corrected chi connectivity index (χ3v) is 4.92. The number of nitrogens with two attached hydrogens (primary N) is 1. The van der Waals surface area contributed by atoms with E-state index in [0.29, 0.717) is 0 Å². The van der Waals surface area contributed by atoms with Crippen LogP contribution in [0.5, 0.6) is 0 Å². The van der Waals surface area contributed by atoms with Crippen molar-refractivity contribution in [3.63, 3.8) is 0 Å². The van der Waals surface area contributed by atoms with E-state index in [9.17, 15) is 0 Å². The number of pyridine rings is 1. The number of hydrogen-bond donors (Lipinski definition) is 1. The molecule has 29 heavy (non-hydrogen) atoms. The van der Waals surface area contributed by atoms with Crippen molar-refractivity contribution in [2.75, 3.05) is 0 Å². The summed E-state index contributed by atoms with van der Waals surface area (Å²) < 4.78 is 2.04. The van der Waals surface area contributed by atoms with Crippen LogP contribution in [0.3, 0.4) is 0 Å². The summed E-state index contributed by atoms with van der Waals surface area (Å²) >= 11 is 1.64.